The van der Waals surface area contributed by atoms with E-state index in [0.29, 0.717) is 0 Å². The highest BCUT2D eigenvalue weighted by Crippen LogP contribution is 2.44. The van der Waals surface area contributed by atoms with Gasteiger partial charge in [-0.2, -0.15) is 0 Å². The van der Waals surface area contributed by atoms with Gasteiger partial charge in [0.05, 0.1) is 5.52 Å². The van der Waals surface area contributed by atoms with Crippen LogP contribution in [0.15, 0.2) is 18.2 Å². The van der Waals surface area contributed by atoms with Crippen LogP contribution < -0.4 is 5.73 Å². The van der Waals surface area contributed by atoms with Gasteiger partial charge in [0.2, 0.25) is 0 Å². The Labute approximate surface area is 101 Å². The zero-order chi connectivity index (χ0) is 11.6. The maximum atomic E-state index is 6.34. The van der Waals surface area contributed by atoms with Gasteiger partial charge in [0.25, 0.3) is 0 Å². The summed E-state index contributed by atoms with van der Waals surface area (Å²) < 4.78 is 2.47. The van der Waals surface area contributed by atoms with E-state index in [2.05, 4.69) is 29.7 Å². The van der Waals surface area contributed by atoms with Crippen LogP contribution in [-0.2, 0) is 18.5 Å². The minimum atomic E-state index is -0.00184. The number of nitrogens with two attached hydrogens (primary N) is 1. The van der Waals surface area contributed by atoms with Gasteiger partial charge in [0.1, 0.15) is 0 Å². The highest BCUT2D eigenvalue weighted by Gasteiger charge is 2.40. The second-order valence-electron chi connectivity index (χ2n) is 5.77. The quantitative estimate of drug-likeness (QED) is 0.796. The van der Waals surface area contributed by atoms with E-state index in [0.717, 1.165) is 12.8 Å². The predicted octanol–water partition coefficient (Wildman–Crippen LogP) is 2.84. The van der Waals surface area contributed by atoms with Crippen molar-refractivity contribution in [3.8, 4) is 0 Å². The first-order chi connectivity index (χ1) is 8.17. The molecule has 2 aromatic rings. The summed E-state index contributed by atoms with van der Waals surface area (Å²) >= 11 is 0. The highest BCUT2D eigenvalue weighted by molar-refractivity contribution is 5.86. The van der Waals surface area contributed by atoms with E-state index in [1.54, 1.807) is 0 Å². The number of rotatable bonds is 1. The molecule has 1 aliphatic heterocycles. The van der Waals surface area contributed by atoms with Crippen molar-refractivity contribution in [2.75, 3.05) is 0 Å². The fourth-order valence-electron chi connectivity index (χ4n) is 3.25. The summed E-state index contributed by atoms with van der Waals surface area (Å²) in [6.07, 6.45) is 4.78. The van der Waals surface area contributed by atoms with Crippen LogP contribution >= 0.6 is 0 Å². The van der Waals surface area contributed by atoms with E-state index in [1.807, 2.05) is 0 Å². The van der Waals surface area contributed by atoms with Gasteiger partial charge < -0.3 is 10.3 Å². The van der Waals surface area contributed by atoms with Crippen molar-refractivity contribution in [2.24, 2.45) is 5.73 Å². The van der Waals surface area contributed by atoms with E-state index >= 15 is 0 Å². The Morgan fingerprint density at radius 1 is 1.24 bits per heavy atom. The molecule has 0 unspecified atom stereocenters. The maximum absolute atomic E-state index is 6.34. The number of benzene rings is 1. The molecule has 1 aliphatic carbocycles. The lowest BCUT2D eigenvalue weighted by atomic mass is 9.96. The molecule has 17 heavy (non-hydrogen) atoms. The Balaban J connectivity index is 2.04. The Kier molecular flexibility index (Phi) is 1.68. The van der Waals surface area contributed by atoms with E-state index < -0.39 is 0 Å². The Bertz CT molecular complexity index is 617. The summed E-state index contributed by atoms with van der Waals surface area (Å²) in [6, 6.07) is 7.00. The lowest BCUT2D eigenvalue weighted by Crippen LogP contribution is -2.19. The average Bonchev–Trinajstić information content (AvgIpc) is 2.99. The molecule has 1 saturated carbocycles. The lowest BCUT2D eigenvalue weighted by Gasteiger charge is -2.19. The van der Waals surface area contributed by atoms with Gasteiger partial charge in [0.15, 0.2) is 0 Å². The monoisotopic (exact) mass is 226 g/mol. The molecule has 0 radical (unpaired) electrons. The van der Waals surface area contributed by atoms with Crippen molar-refractivity contribution >= 4 is 10.9 Å². The molecule has 2 heteroatoms. The average molecular weight is 226 g/mol. The summed E-state index contributed by atoms with van der Waals surface area (Å²) in [5.74, 6) is 0. The highest BCUT2D eigenvalue weighted by atomic mass is 15.0. The molecule has 1 aromatic carbocycles. The molecule has 0 spiro atoms. The SMILES string of the molecule is Cc1cc2cc(C3(N)CC3)cc3c2n1CCC3. The predicted molar refractivity (Wildman–Crippen MR) is 70.1 cm³/mol. The van der Waals surface area contributed by atoms with Crippen LogP contribution in [0.3, 0.4) is 0 Å². The zero-order valence-corrected chi connectivity index (χ0v) is 10.3. The van der Waals surface area contributed by atoms with Crippen LogP contribution in [0, 0.1) is 6.92 Å². The molecule has 1 fully saturated rings. The third-order valence-corrected chi connectivity index (χ3v) is 4.47. The van der Waals surface area contributed by atoms with Crippen LogP contribution in [0.4, 0.5) is 0 Å². The van der Waals surface area contributed by atoms with Crippen LogP contribution in [0.1, 0.15) is 36.1 Å². The van der Waals surface area contributed by atoms with Crippen molar-refractivity contribution in [3.63, 3.8) is 0 Å². The number of aromatic nitrogens is 1. The molecular weight excluding hydrogens is 208 g/mol. The van der Waals surface area contributed by atoms with Gasteiger partial charge in [-0.25, -0.2) is 0 Å². The van der Waals surface area contributed by atoms with E-state index in [9.17, 15) is 0 Å². The van der Waals surface area contributed by atoms with Crippen molar-refractivity contribution in [3.05, 3.63) is 35.0 Å². The third-order valence-electron chi connectivity index (χ3n) is 4.47. The largest absolute Gasteiger partial charge is 0.345 e. The van der Waals surface area contributed by atoms with Gasteiger partial charge in [-0.15, -0.1) is 0 Å². The van der Waals surface area contributed by atoms with Crippen LogP contribution in [-0.4, -0.2) is 4.57 Å². The van der Waals surface area contributed by atoms with E-state index in [-0.39, 0.29) is 5.54 Å². The second-order valence-corrected chi connectivity index (χ2v) is 5.77. The molecule has 2 aliphatic rings. The Hall–Kier alpha value is -1.28. The van der Waals surface area contributed by atoms with Crippen LogP contribution in [0.2, 0.25) is 0 Å². The third kappa shape index (κ3) is 1.25. The first-order valence-corrected chi connectivity index (χ1v) is 6.59. The second kappa shape index (κ2) is 2.94. The first kappa shape index (κ1) is 9.72. The fourth-order valence-corrected chi connectivity index (χ4v) is 3.25. The summed E-state index contributed by atoms with van der Waals surface area (Å²) in [5, 5.41) is 1.39. The topological polar surface area (TPSA) is 30.9 Å². The summed E-state index contributed by atoms with van der Waals surface area (Å²) in [5.41, 5.74) is 12.1. The van der Waals surface area contributed by atoms with Crippen molar-refractivity contribution < 1.29 is 0 Å². The summed E-state index contributed by atoms with van der Waals surface area (Å²) in [6.45, 7) is 3.39. The molecule has 0 saturated heterocycles. The Morgan fingerprint density at radius 3 is 2.82 bits per heavy atom. The minimum absolute atomic E-state index is 0.00184. The summed E-state index contributed by atoms with van der Waals surface area (Å²) in [7, 11) is 0. The molecule has 2 heterocycles. The van der Waals surface area contributed by atoms with Gasteiger partial charge in [0, 0.05) is 23.2 Å². The number of nitrogens with zero attached hydrogens (tertiary/aromatic N) is 1. The van der Waals surface area contributed by atoms with Gasteiger partial charge in [-0.1, -0.05) is 6.07 Å². The molecule has 2 nitrogen and oxygen atoms in total. The zero-order valence-electron chi connectivity index (χ0n) is 10.3. The Morgan fingerprint density at radius 2 is 2.06 bits per heavy atom. The molecule has 1 aromatic heterocycles. The molecule has 0 amide bonds. The minimum Gasteiger partial charge on any atom is -0.345 e. The maximum Gasteiger partial charge on any atom is 0.0515 e. The van der Waals surface area contributed by atoms with Crippen molar-refractivity contribution in [1.29, 1.82) is 0 Å². The number of hydrogen-bond donors (Lipinski definition) is 1. The molecule has 88 valence electrons. The number of aryl methyl sites for hydroxylation is 3. The molecular formula is C15H18N2. The molecule has 2 N–H and O–H groups in total. The van der Waals surface area contributed by atoms with Crippen molar-refractivity contribution in [1.82, 2.24) is 4.57 Å². The van der Waals surface area contributed by atoms with Gasteiger partial charge >= 0.3 is 0 Å². The standard InChI is InChI=1S/C15H18N2/c1-10-7-12-9-13(15(16)4-5-15)8-11-3-2-6-17(10)14(11)12/h7-9H,2-6,16H2,1H3. The number of hydrogen-bond acceptors (Lipinski definition) is 1. The lowest BCUT2D eigenvalue weighted by molar-refractivity contribution is 0.621. The van der Waals surface area contributed by atoms with Crippen LogP contribution in [0.5, 0.6) is 0 Å². The van der Waals surface area contributed by atoms with Crippen LogP contribution in [0.25, 0.3) is 10.9 Å². The van der Waals surface area contributed by atoms with Crippen molar-refractivity contribution in [2.45, 2.75) is 44.7 Å². The smallest absolute Gasteiger partial charge is 0.0515 e. The molecule has 4 rings (SSSR count). The first-order valence-electron chi connectivity index (χ1n) is 6.59. The van der Waals surface area contributed by atoms with E-state index in [1.165, 1.54) is 47.1 Å². The van der Waals surface area contributed by atoms with E-state index in [4.69, 9.17) is 5.73 Å². The van der Waals surface area contributed by atoms with Gasteiger partial charge in [-0.05, 0) is 55.9 Å². The molecule has 0 bridgehead atoms. The van der Waals surface area contributed by atoms with Gasteiger partial charge in [-0.3, -0.25) is 0 Å². The normalized spacial score (nSPS) is 20.8. The molecule has 0 atom stereocenters. The fraction of sp³-hybridized carbons (Fsp3) is 0.467. The summed E-state index contributed by atoms with van der Waals surface area (Å²) in [4.78, 5) is 0.